The van der Waals surface area contributed by atoms with Crippen LogP contribution in [0.1, 0.15) is 6.92 Å². The molecule has 0 bridgehead atoms. The summed E-state index contributed by atoms with van der Waals surface area (Å²) in [4.78, 5) is 16.0. The van der Waals surface area contributed by atoms with Gasteiger partial charge in [0.05, 0.1) is 4.90 Å². The third-order valence-electron chi connectivity index (χ3n) is 3.33. The molecule has 2 aromatic carbocycles. The molecule has 120 valence electrons. The van der Waals surface area contributed by atoms with Gasteiger partial charge in [0.25, 0.3) is 0 Å². The first-order chi connectivity index (χ1) is 11.7. The molecule has 0 aliphatic rings. The zero-order valence-electron chi connectivity index (χ0n) is 13.0. The molecule has 3 rings (SSSR count). The molecule has 1 atom stereocenters. The first-order valence-corrected chi connectivity index (χ1v) is 8.51. The van der Waals surface area contributed by atoms with E-state index < -0.39 is 16.8 Å². The summed E-state index contributed by atoms with van der Waals surface area (Å²) in [5.41, 5.74) is 1.64. The summed E-state index contributed by atoms with van der Waals surface area (Å²) in [5, 5.41) is 0.411. The van der Waals surface area contributed by atoms with Crippen molar-refractivity contribution in [3.05, 3.63) is 72.9 Å². The number of pyridine rings is 1. The topological polar surface area (TPSA) is 56.3 Å². The van der Waals surface area contributed by atoms with E-state index in [1.54, 1.807) is 36.5 Å². The number of ether oxygens (including phenoxy) is 1. The average Bonchev–Trinajstić information content (AvgIpc) is 2.62. The molecule has 1 aromatic heterocycles. The van der Waals surface area contributed by atoms with Crippen molar-refractivity contribution in [2.75, 3.05) is 0 Å². The number of carbonyl (C=O) groups excluding carboxylic acids is 1. The van der Waals surface area contributed by atoms with Gasteiger partial charge in [0.15, 0.2) is 0 Å². The molecular formula is C19H15NO3S. The van der Waals surface area contributed by atoms with Crippen molar-refractivity contribution in [2.24, 2.45) is 0 Å². The summed E-state index contributed by atoms with van der Waals surface area (Å²) in [5.74, 6) is -0.174. The third kappa shape index (κ3) is 3.41. The van der Waals surface area contributed by atoms with Crippen LogP contribution in [0.25, 0.3) is 11.1 Å². The minimum Gasteiger partial charge on any atom is -0.425 e. The van der Waals surface area contributed by atoms with Crippen molar-refractivity contribution < 1.29 is 13.7 Å². The Bertz CT molecular complexity index is 880. The van der Waals surface area contributed by atoms with Gasteiger partial charge in [0.1, 0.15) is 21.6 Å². The Hall–Kier alpha value is -2.79. The maximum Gasteiger partial charge on any atom is 0.308 e. The van der Waals surface area contributed by atoms with Gasteiger partial charge in [-0.15, -0.1) is 0 Å². The van der Waals surface area contributed by atoms with Crippen molar-refractivity contribution >= 4 is 16.8 Å². The van der Waals surface area contributed by atoms with Crippen LogP contribution in [0, 0.1) is 0 Å². The summed E-state index contributed by atoms with van der Waals surface area (Å²) in [6.45, 7) is 1.32. The maximum absolute atomic E-state index is 13.1. The molecule has 4 nitrogen and oxygen atoms in total. The number of esters is 1. The fraction of sp³-hybridized carbons (Fsp3) is 0.0526. The van der Waals surface area contributed by atoms with Crippen LogP contribution in [0.2, 0.25) is 0 Å². The lowest BCUT2D eigenvalue weighted by molar-refractivity contribution is -0.132. The maximum atomic E-state index is 13.1. The number of hydrogen-bond donors (Lipinski definition) is 0. The van der Waals surface area contributed by atoms with Crippen LogP contribution in [0.15, 0.2) is 82.8 Å². The predicted octanol–water partition coefficient (Wildman–Crippen LogP) is 3.84. The van der Waals surface area contributed by atoms with Gasteiger partial charge in [-0.05, 0) is 23.8 Å². The molecule has 1 heterocycles. The number of aromatic nitrogens is 1. The number of benzene rings is 2. The number of hydrogen-bond acceptors (Lipinski definition) is 4. The molecule has 0 amide bonds. The summed E-state index contributed by atoms with van der Waals surface area (Å²) in [6.07, 6.45) is 1.59. The van der Waals surface area contributed by atoms with Crippen LogP contribution in [0.4, 0.5) is 0 Å². The second-order valence-electron chi connectivity index (χ2n) is 5.03. The lowest BCUT2D eigenvalue weighted by Gasteiger charge is -2.13. The molecule has 3 aromatic rings. The smallest absolute Gasteiger partial charge is 0.308 e. The second-order valence-corrected chi connectivity index (χ2v) is 6.39. The summed E-state index contributed by atoms with van der Waals surface area (Å²) in [6, 6.07) is 20.1. The third-order valence-corrected chi connectivity index (χ3v) is 4.74. The highest BCUT2D eigenvalue weighted by molar-refractivity contribution is 7.85. The first-order valence-electron chi connectivity index (χ1n) is 7.36. The van der Waals surface area contributed by atoms with Gasteiger partial charge in [-0.1, -0.05) is 48.5 Å². The summed E-state index contributed by atoms with van der Waals surface area (Å²) < 4.78 is 18.4. The fourth-order valence-electron chi connectivity index (χ4n) is 2.35. The van der Waals surface area contributed by atoms with Crippen LogP contribution < -0.4 is 4.74 Å². The Morgan fingerprint density at radius 3 is 2.38 bits per heavy atom. The number of rotatable bonds is 4. The van der Waals surface area contributed by atoms with Crippen LogP contribution in [-0.2, 0) is 15.6 Å². The SMILES string of the molecule is CC(=O)Oc1cccc(-c2ccccc2)c1S(=O)c1ccccn1. The number of carbonyl (C=O) groups is 1. The highest BCUT2D eigenvalue weighted by Gasteiger charge is 2.20. The average molecular weight is 337 g/mol. The molecule has 0 aliphatic heterocycles. The van der Waals surface area contributed by atoms with Gasteiger partial charge in [0.2, 0.25) is 0 Å². The number of nitrogens with zero attached hydrogens (tertiary/aromatic N) is 1. The van der Waals surface area contributed by atoms with Crippen molar-refractivity contribution in [3.8, 4) is 16.9 Å². The molecule has 0 aliphatic carbocycles. The van der Waals surface area contributed by atoms with Gasteiger partial charge in [-0.25, -0.2) is 9.19 Å². The van der Waals surface area contributed by atoms with Gasteiger partial charge in [-0.2, -0.15) is 0 Å². The van der Waals surface area contributed by atoms with Crippen LogP contribution in [-0.4, -0.2) is 15.2 Å². The van der Waals surface area contributed by atoms with E-state index in [-0.39, 0.29) is 5.75 Å². The largest absolute Gasteiger partial charge is 0.425 e. The Kier molecular flexibility index (Phi) is 4.82. The summed E-state index contributed by atoms with van der Waals surface area (Å²) >= 11 is 0. The monoisotopic (exact) mass is 337 g/mol. The highest BCUT2D eigenvalue weighted by atomic mass is 32.2. The normalized spacial score (nSPS) is 11.7. The minimum absolute atomic E-state index is 0.285. The van der Waals surface area contributed by atoms with Crippen molar-refractivity contribution in [3.63, 3.8) is 0 Å². The quantitative estimate of drug-likeness (QED) is 0.536. The Balaban J connectivity index is 2.20. The van der Waals surface area contributed by atoms with E-state index in [2.05, 4.69) is 4.98 Å². The van der Waals surface area contributed by atoms with E-state index in [0.717, 1.165) is 11.1 Å². The molecular weight excluding hydrogens is 322 g/mol. The van der Waals surface area contributed by atoms with Gasteiger partial charge in [-0.3, -0.25) is 4.79 Å². The Morgan fingerprint density at radius 2 is 1.71 bits per heavy atom. The van der Waals surface area contributed by atoms with Crippen LogP contribution in [0.3, 0.4) is 0 Å². The second kappa shape index (κ2) is 7.19. The summed E-state index contributed by atoms with van der Waals surface area (Å²) in [7, 11) is -1.58. The lowest BCUT2D eigenvalue weighted by atomic mass is 10.1. The van der Waals surface area contributed by atoms with E-state index in [0.29, 0.717) is 9.92 Å². The lowest BCUT2D eigenvalue weighted by Crippen LogP contribution is -2.07. The first kappa shape index (κ1) is 16.1. The van der Waals surface area contributed by atoms with E-state index >= 15 is 0 Å². The molecule has 0 radical (unpaired) electrons. The predicted molar refractivity (Wildman–Crippen MR) is 92.1 cm³/mol. The van der Waals surface area contributed by atoms with E-state index in [1.165, 1.54) is 6.92 Å². The molecule has 0 saturated heterocycles. The molecule has 5 heteroatoms. The van der Waals surface area contributed by atoms with Gasteiger partial charge in [0, 0.05) is 18.7 Å². The van der Waals surface area contributed by atoms with Crippen molar-refractivity contribution in [1.82, 2.24) is 4.98 Å². The molecule has 1 unspecified atom stereocenters. The zero-order chi connectivity index (χ0) is 16.9. The standard InChI is InChI=1S/C19H15NO3S/c1-14(21)23-17-11-7-10-16(15-8-3-2-4-9-15)19(17)24(22)18-12-5-6-13-20-18/h2-13H,1H3. The minimum atomic E-state index is -1.58. The van der Waals surface area contributed by atoms with E-state index in [1.807, 2.05) is 36.4 Å². The molecule has 0 N–H and O–H groups in total. The van der Waals surface area contributed by atoms with Crippen LogP contribution >= 0.6 is 0 Å². The fourth-order valence-corrected chi connectivity index (χ4v) is 3.59. The van der Waals surface area contributed by atoms with Crippen LogP contribution in [0.5, 0.6) is 5.75 Å². The molecule has 0 fully saturated rings. The Labute approximate surface area is 142 Å². The molecule has 0 spiro atoms. The Morgan fingerprint density at radius 1 is 0.958 bits per heavy atom. The van der Waals surface area contributed by atoms with E-state index in [9.17, 15) is 9.00 Å². The zero-order valence-corrected chi connectivity index (χ0v) is 13.8. The molecule has 24 heavy (non-hydrogen) atoms. The van der Waals surface area contributed by atoms with Gasteiger partial charge < -0.3 is 4.74 Å². The van der Waals surface area contributed by atoms with Gasteiger partial charge >= 0.3 is 5.97 Å². The van der Waals surface area contributed by atoms with Crippen molar-refractivity contribution in [2.45, 2.75) is 16.8 Å². The molecule has 0 saturated carbocycles. The van der Waals surface area contributed by atoms with Crippen molar-refractivity contribution in [1.29, 1.82) is 0 Å². The van der Waals surface area contributed by atoms with E-state index in [4.69, 9.17) is 4.74 Å². The highest BCUT2D eigenvalue weighted by Crippen LogP contribution is 2.35.